The Bertz CT molecular complexity index is 986. The van der Waals surface area contributed by atoms with Crippen LogP contribution in [0.2, 0.25) is 0 Å². The first-order chi connectivity index (χ1) is 15.2. The maximum Gasteiger partial charge on any atom is 0.188 e. The van der Waals surface area contributed by atoms with Crippen molar-refractivity contribution >= 4 is 16.5 Å². The molecule has 1 atom stereocenters. The second-order valence-corrected chi connectivity index (χ2v) is 8.65. The van der Waals surface area contributed by atoms with Gasteiger partial charge in [-0.25, -0.2) is 9.37 Å². The molecule has 0 bridgehead atoms. The second kappa shape index (κ2) is 10.2. The van der Waals surface area contributed by atoms with Gasteiger partial charge in [0, 0.05) is 29.1 Å². The maximum atomic E-state index is 14.2. The van der Waals surface area contributed by atoms with E-state index in [4.69, 9.17) is 20.2 Å². The molecule has 0 fully saturated rings. The summed E-state index contributed by atoms with van der Waals surface area (Å²) >= 11 is 1.72. The summed E-state index contributed by atoms with van der Waals surface area (Å²) in [6.07, 6.45) is 4.00. The molecule has 2 N–H and O–H groups in total. The fourth-order valence-electron chi connectivity index (χ4n) is 3.86. The van der Waals surface area contributed by atoms with Crippen molar-refractivity contribution in [1.29, 1.82) is 0 Å². The van der Waals surface area contributed by atoms with Crippen molar-refractivity contribution in [3.63, 3.8) is 0 Å². The molecule has 164 valence electrons. The number of aryl methyl sites for hydroxylation is 2. The molecule has 3 aromatic rings. The van der Waals surface area contributed by atoms with Crippen LogP contribution in [0.5, 0.6) is 5.75 Å². The van der Waals surface area contributed by atoms with E-state index in [9.17, 15) is 4.39 Å². The van der Waals surface area contributed by atoms with Gasteiger partial charge in [-0.05, 0) is 43.9 Å². The Labute approximate surface area is 186 Å². The van der Waals surface area contributed by atoms with Crippen molar-refractivity contribution in [2.24, 2.45) is 5.73 Å². The highest BCUT2D eigenvalue weighted by atomic mass is 32.1. The first-order valence-electron chi connectivity index (χ1n) is 10.6. The number of rotatable bonds is 9. The van der Waals surface area contributed by atoms with Crippen LogP contribution < -0.4 is 15.4 Å². The molecule has 0 saturated heterocycles. The third kappa shape index (κ3) is 5.06. The van der Waals surface area contributed by atoms with Crippen LogP contribution in [0.1, 0.15) is 40.8 Å². The molecular weight excluding hydrogens is 413 g/mol. The Morgan fingerprint density at radius 1 is 1.16 bits per heavy atom. The number of halogens is 1. The van der Waals surface area contributed by atoms with Gasteiger partial charge >= 0.3 is 0 Å². The average Bonchev–Trinajstić information content (AvgIpc) is 3.24. The van der Waals surface area contributed by atoms with Crippen molar-refractivity contribution < 1.29 is 13.9 Å². The van der Waals surface area contributed by atoms with Crippen LogP contribution in [0.15, 0.2) is 48.5 Å². The number of hydrogen-bond acceptors (Lipinski definition) is 6. The first-order valence-corrected chi connectivity index (χ1v) is 11.5. The minimum absolute atomic E-state index is 0.140. The molecule has 1 aliphatic carbocycles. The summed E-state index contributed by atoms with van der Waals surface area (Å²) in [7, 11) is 1.64. The molecule has 1 aliphatic rings. The summed E-state index contributed by atoms with van der Waals surface area (Å²) < 4.78 is 26.0. The zero-order valence-corrected chi connectivity index (χ0v) is 18.5. The quantitative estimate of drug-likeness (QED) is 0.481. The highest BCUT2D eigenvalue weighted by Gasteiger charge is 2.27. The molecule has 2 aromatic carbocycles. The predicted molar refractivity (Wildman–Crippen MR) is 122 cm³/mol. The lowest BCUT2D eigenvalue weighted by Crippen LogP contribution is -2.35. The molecule has 0 saturated carbocycles. The molecule has 1 aromatic heterocycles. The molecule has 1 unspecified atom stereocenters. The Balaban J connectivity index is 1.69. The number of hydrogen-bond donors (Lipinski definition) is 1. The lowest BCUT2D eigenvalue weighted by molar-refractivity contribution is 0.0357. The molecule has 5 nitrogen and oxygen atoms in total. The van der Waals surface area contributed by atoms with E-state index in [1.807, 2.05) is 30.3 Å². The predicted octanol–water partition coefficient (Wildman–Crippen LogP) is 4.85. The number of thiazole rings is 1. The van der Waals surface area contributed by atoms with Crippen molar-refractivity contribution in [2.75, 3.05) is 25.1 Å². The van der Waals surface area contributed by atoms with E-state index in [0.29, 0.717) is 18.7 Å². The number of nitrogens with two attached hydrogens (primary N) is 1. The van der Waals surface area contributed by atoms with Gasteiger partial charge in [-0.1, -0.05) is 30.3 Å². The van der Waals surface area contributed by atoms with Gasteiger partial charge < -0.3 is 20.1 Å². The van der Waals surface area contributed by atoms with Crippen molar-refractivity contribution in [1.82, 2.24) is 4.98 Å². The van der Waals surface area contributed by atoms with E-state index >= 15 is 0 Å². The number of fused-ring (bicyclic) bond motifs is 1. The molecular formula is C24H28FN3O2S. The van der Waals surface area contributed by atoms with Gasteiger partial charge in [-0.2, -0.15) is 0 Å². The van der Waals surface area contributed by atoms with Crippen molar-refractivity contribution in [2.45, 2.75) is 38.5 Å². The van der Waals surface area contributed by atoms with E-state index in [2.05, 4.69) is 4.90 Å². The van der Waals surface area contributed by atoms with E-state index in [1.165, 1.54) is 29.5 Å². The lowest BCUT2D eigenvalue weighted by atomic mass is 10.0. The molecule has 0 spiro atoms. The molecule has 1 heterocycles. The summed E-state index contributed by atoms with van der Waals surface area (Å²) in [6.45, 7) is 1.17. The van der Waals surface area contributed by atoms with Gasteiger partial charge in [0.05, 0.1) is 19.4 Å². The number of ether oxygens (including phenoxy) is 2. The Morgan fingerprint density at radius 3 is 2.77 bits per heavy atom. The van der Waals surface area contributed by atoms with E-state index < -0.39 is 6.23 Å². The summed E-state index contributed by atoms with van der Waals surface area (Å²) in [5.74, 6) is 0.463. The third-order valence-electron chi connectivity index (χ3n) is 5.47. The molecule has 0 amide bonds. The fraction of sp³-hybridized carbons (Fsp3) is 0.375. The average molecular weight is 442 g/mol. The van der Waals surface area contributed by atoms with E-state index in [-0.39, 0.29) is 12.4 Å². The third-order valence-corrected chi connectivity index (χ3v) is 6.66. The number of nitrogens with zero attached hydrogens (tertiary/aromatic N) is 2. The van der Waals surface area contributed by atoms with Crippen molar-refractivity contribution in [3.8, 4) is 5.75 Å². The monoisotopic (exact) mass is 441 g/mol. The number of methoxy groups -OCH3 is 1. The van der Waals surface area contributed by atoms with Crippen LogP contribution >= 0.6 is 11.3 Å². The van der Waals surface area contributed by atoms with Gasteiger partial charge in [0.1, 0.15) is 11.6 Å². The minimum atomic E-state index is -0.467. The van der Waals surface area contributed by atoms with Gasteiger partial charge in [0.15, 0.2) is 11.4 Å². The molecule has 7 heteroatoms. The largest absolute Gasteiger partial charge is 0.497 e. The highest BCUT2D eigenvalue weighted by Crippen LogP contribution is 2.37. The molecule has 4 rings (SSSR count). The van der Waals surface area contributed by atoms with E-state index in [1.54, 1.807) is 30.6 Å². The van der Waals surface area contributed by atoms with Gasteiger partial charge in [0.2, 0.25) is 0 Å². The first kappa shape index (κ1) is 21.7. The summed E-state index contributed by atoms with van der Waals surface area (Å²) in [5, 5.41) is 0.902. The van der Waals surface area contributed by atoms with Crippen LogP contribution in [0.25, 0.3) is 0 Å². The van der Waals surface area contributed by atoms with Gasteiger partial charge in [0.25, 0.3) is 0 Å². The normalized spacial score (nSPS) is 14.2. The number of benzene rings is 2. The fourth-order valence-corrected chi connectivity index (χ4v) is 5.05. The zero-order valence-electron chi connectivity index (χ0n) is 17.7. The number of aromatic nitrogens is 1. The zero-order chi connectivity index (χ0) is 21.6. The molecule has 0 aliphatic heterocycles. The molecule has 31 heavy (non-hydrogen) atoms. The minimum Gasteiger partial charge on any atom is -0.497 e. The molecule has 0 radical (unpaired) electrons. The van der Waals surface area contributed by atoms with Gasteiger partial charge in [-0.15, -0.1) is 11.3 Å². The highest BCUT2D eigenvalue weighted by molar-refractivity contribution is 7.15. The van der Waals surface area contributed by atoms with Crippen LogP contribution in [-0.2, 0) is 24.2 Å². The van der Waals surface area contributed by atoms with Gasteiger partial charge in [-0.3, -0.25) is 0 Å². The number of anilines is 1. The van der Waals surface area contributed by atoms with Crippen LogP contribution in [-0.4, -0.2) is 25.2 Å². The Morgan fingerprint density at radius 2 is 2.00 bits per heavy atom. The smallest absolute Gasteiger partial charge is 0.188 e. The second-order valence-electron chi connectivity index (χ2n) is 7.59. The van der Waals surface area contributed by atoms with Crippen molar-refractivity contribution in [3.05, 3.63) is 76.0 Å². The standard InChI is InChI=1S/C24H28FN3O2S/c1-29-19-9-6-8-17(15-19)23(30-16-18-7-2-3-10-20(18)25)28(14-13-26)24-27-21-11-4-5-12-22(21)31-24/h2-3,6-10,15,23H,4-5,11-14,16,26H2,1H3. The van der Waals surface area contributed by atoms with E-state index in [0.717, 1.165) is 29.3 Å². The summed E-state index contributed by atoms with van der Waals surface area (Å²) in [5.41, 5.74) is 8.60. The SMILES string of the molecule is COc1cccc(C(OCc2ccccc2F)N(CCN)c2nc3c(s2)CCCC3)c1. The Kier molecular flexibility index (Phi) is 7.17. The summed E-state index contributed by atoms with van der Waals surface area (Å²) in [4.78, 5) is 8.38. The summed E-state index contributed by atoms with van der Waals surface area (Å²) in [6, 6.07) is 14.5. The van der Waals surface area contributed by atoms with Crippen LogP contribution in [0, 0.1) is 5.82 Å². The topological polar surface area (TPSA) is 60.6 Å². The van der Waals surface area contributed by atoms with Crippen LogP contribution in [0.4, 0.5) is 9.52 Å². The lowest BCUT2D eigenvalue weighted by Gasteiger charge is -2.31. The Hall–Kier alpha value is -2.48. The van der Waals surface area contributed by atoms with Crippen LogP contribution in [0.3, 0.4) is 0 Å². The maximum absolute atomic E-state index is 14.2.